The lowest BCUT2D eigenvalue weighted by molar-refractivity contribution is -0.134. The highest BCUT2D eigenvalue weighted by Gasteiger charge is 2.35. The van der Waals surface area contributed by atoms with Crippen LogP contribution in [0.15, 0.2) is 63.8 Å². The maximum atomic E-state index is 13.1. The van der Waals surface area contributed by atoms with Gasteiger partial charge in [-0.1, -0.05) is 12.1 Å². The van der Waals surface area contributed by atoms with E-state index in [2.05, 4.69) is 15.4 Å². The molecule has 0 fully saturated rings. The number of carbonyl (C=O) groups excluding carboxylic acids is 2. The summed E-state index contributed by atoms with van der Waals surface area (Å²) in [5, 5.41) is 10.8. The van der Waals surface area contributed by atoms with Crippen molar-refractivity contribution in [3.8, 4) is 0 Å². The molecule has 1 aliphatic heterocycles. The number of pyridine rings is 1. The Morgan fingerprint density at radius 2 is 2.13 bits per heavy atom. The summed E-state index contributed by atoms with van der Waals surface area (Å²) in [6.07, 6.45) is 3.87. The zero-order valence-corrected chi connectivity index (χ0v) is 18.1. The zero-order chi connectivity index (χ0) is 21.8. The van der Waals surface area contributed by atoms with Crippen LogP contribution in [-0.2, 0) is 9.59 Å². The third-order valence-corrected chi connectivity index (χ3v) is 5.81. The third kappa shape index (κ3) is 5.07. The Morgan fingerprint density at radius 1 is 1.26 bits per heavy atom. The van der Waals surface area contributed by atoms with E-state index in [1.54, 1.807) is 47.9 Å². The van der Waals surface area contributed by atoms with Crippen molar-refractivity contribution < 1.29 is 14.0 Å². The molecule has 0 radical (unpaired) electrons. The van der Waals surface area contributed by atoms with Crippen molar-refractivity contribution in [3.05, 3.63) is 70.4 Å². The minimum Gasteiger partial charge on any atom is -0.463 e. The summed E-state index contributed by atoms with van der Waals surface area (Å²) in [5.74, 6) is 0.738. The zero-order valence-electron chi connectivity index (χ0n) is 17.3. The van der Waals surface area contributed by atoms with Gasteiger partial charge in [0.25, 0.3) is 5.91 Å². The van der Waals surface area contributed by atoms with Gasteiger partial charge >= 0.3 is 0 Å². The molecule has 0 saturated heterocycles. The number of aromatic nitrogens is 1. The van der Waals surface area contributed by atoms with Crippen molar-refractivity contribution in [2.75, 3.05) is 25.5 Å². The highest BCUT2D eigenvalue weighted by atomic mass is 32.1. The fourth-order valence-corrected chi connectivity index (χ4v) is 4.17. The number of thiophene rings is 1. The highest BCUT2D eigenvalue weighted by Crippen LogP contribution is 2.35. The standard InChI is InChI=1S/C22H23N5O3S/c1-15-7-8-20(23-12-15)24-21(28)13-26(2)14-22(29)27-17(19-6-4-10-31-19)11-16(25-27)18-5-3-9-30-18/h3-10,12,17H,11,13-14H2,1-2H3,(H,23,24,28). The number of hydrazone groups is 1. The van der Waals surface area contributed by atoms with E-state index in [0.717, 1.165) is 16.2 Å². The molecule has 160 valence electrons. The van der Waals surface area contributed by atoms with Crippen molar-refractivity contribution in [2.45, 2.75) is 19.4 Å². The molecule has 0 bridgehead atoms. The Balaban J connectivity index is 1.40. The number of likely N-dealkylation sites (N-methyl/N-ethyl adjacent to an activating group) is 1. The second-order valence-electron chi connectivity index (χ2n) is 7.44. The number of carbonyl (C=O) groups is 2. The maximum absolute atomic E-state index is 13.1. The first kappa shape index (κ1) is 21.0. The Kier molecular flexibility index (Phi) is 6.24. The van der Waals surface area contributed by atoms with Gasteiger partial charge in [-0.05, 0) is 49.2 Å². The number of nitrogens with zero attached hydrogens (tertiary/aromatic N) is 4. The minimum atomic E-state index is -0.234. The van der Waals surface area contributed by atoms with E-state index in [-0.39, 0.29) is 30.9 Å². The molecule has 4 rings (SSSR count). The van der Waals surface area contributed by atoms with E-state index in [1.165, 1.54) is 5.01 Å². The molecule has 1 atom stereocenters. The quantitative estimate of drug-likeness (QED) is 0.612. The molecule has 0 saturated carbocycles. The second kappa shape index (κ2) is 9.23. The van der Waals surface area contributed by atoms with E-state index in [4.69, 9.17) is 4.42 Å². The molecule has 2 amide bonds. The largest absolute Gasteiger partial charge is 0.463 e. The van der Waals surface area contributed by atoms with Crippen LogP contribution in [0.2, 0.25) is 0 Å². The SMILES string of the molecule is Cc1ccc(NC(=O)CN(C)CC(=O)N2N=C(c3ccco3)CC2c2cccs2)nc1. The van der Waals surface area contributed by atoms with Crippen LogP contribution in [0.5, 0.6) is 0 Å². The average Bonchev–Trinajstić information content (AvgIpc) is 3.49. The summed E-state index contributed by atoms with van der Waals surface area (Å²) < 4.78 is 5.47. The number of aryl methyl sites for hydroxylation is 1. The van der Waals surface area contributed by atoms with Crippen LogP contribution in [0.4, 0.5) is 5.82 Å². The van der Waals surface area contributed by atoms with Gasteiger partial charge in [0.05, 0.1) is 25.4 Å². The van der Waals surface area contributed by atoms with Crippen molar-refractivity contribution >= 4 is 34.7 Å². The van der Waals surface area contributed by atoms with Crippen molar-refractivity contribution in [3.63, 3.8) is 0 Å². The molecule has 1 aliphatic rings. The van der Waals surface area contributed by atoms with Crippen LogP contribution in [0.3, 0.4) is 0 Å². The molecule has 0 aliphatic carbocycles. The van der Waals surface area contributed by atoms with Crippen LogP contribution < -0.4 is 5.32 Å². The van der Waals surface area contributed by atoms with Crippen molar-refractivity contribution in [2.24, 2.45) is 5.10 Å². The van der Waals surface area contributed by atoms with Crippen molar-refractivity contribution in [1.82, 2.24) is 14.9 Å². The monoisotopic (exact) mass is 437 g/mol. The Morgan fingerprint density at radius 3 is 2.81 bits per heavy atom. The molecule has 4 heterocycles. The predicted molar refractivity (Wildman–Crippen MR) is 119 cm³/mol. The molecule has 31 heavy (non-hydrogen) atoms. The number of amides is 2. The van der Waals surface area contributed by atoms with Crippen molar-refractivity contribution in [1.29, 1.82) is 0 Å². The topological polar surface area (TPSA) is 91.0 Å². The Hall–Kier alpha value is -3.30. The summed E-state index contributed by atoms with van der Waals surface area (Å²) in [4.78, 5) is 32.3. The van der Waals surface area contributed by atoms with Crippen LogP contribution in [0, 0.1) is 6.92 Å². The fraction of sp³-hybridized carbons (Fsp3) is 0.273. The van der Waals surface area contributed by atoms with Gasteiger partial charge < -0.3 is 9.73 Å². The smallest absolute Gasteiger partial charge is 0.257 e. The summed E-state index contributed by atoms with van der Waals surface area (Å²) in [6, 6.07) is 11.1. The van der Waals surface area contributed by atoms with Gasteiger partial charge in [-0.15, -0.1) is 11.3 Å². The summed E-state index contributed by atoms with van der Waals surface area (Å²) in [6.45, 7) is 2.05. The summed E-state index contributed by atoms with van der Waals surface area (Å²) >= 11 is 1.59. The number of anilines is 1. The molecule has 0 aromatic carbocycles. The van der Waals surface area contributed by atoms with E-state index in [9.17, 15) is 9.59 Å². The highest BCUT2D eigenvalue weighted by molar-refractivity contribution is 7.10. The van der Waals surface area contributed by atoms with E-state index in [0.29, 0.717) is 18.0 Å². The van der Waals surface area contributed by atoms with E-state index >= 15 is 0 Å². The normalized spacial score (nSPS) is 15.9. The molecule has 3 aromatic rings. The van der Waals surface area contributed by atoms with Gasteiger partial charge in [0.15, 0.2) is 0 Å². The van der Waals surface area contributed by atoms with Crippen LogP contribution >= 0.6 is 11.3 Å². The number of rotatable bonds is 7. The Labute approximate surface area is 184 Å². The van der Waals surface area contributed by atoms with Gasteiger partial charge in [-0.25, -0.2) is 9.99 Å². The predicted octanol–water partition coefficient (Wildman–Crippen LogP) is 3.29. The Bertz CT molecular complexity index is 1060. The molecular weight excluding hydrogens is 414 g/mol. The second-order valence-corrected chi connectivity index (χ2v) is 8.42. The summed E-state index contributed by atoms with van der Waals surface area (Å²) in [5.41, 5.74) is 1.75. The molecule has 3 aromatic heterocycles. The van der Waals surface area contributed by atoms with Gasteiger partial charge in [-0.2, -0.15) is 5.10 Å². The average molecular weight is 438 g/mol. The first-order chi connectivity index (χ1) is 15.0. The number of hydrogen-bond donors (Lipinski definition) is 1. The first-order valence-corrected chi connectivity index (χ1v) is 10.8. The molecule has 1 unspecified atom stereocenters. The number of hydrogen-bond acceptors (Lipinski definition) is 7. The van der Waals surface area contributed by atoms with E-state index in [1.807, 2.05) is 36.6 Å². The maximum Gasteiger partial charge on any atom is 0.257 e. The van der Waals surface area contributed by atoms with Crippen LogP contribution in [0.25, 0.3) is 0 Å². The third-order valence-electron chi connectivity index (χ3n) is 4.84. The fourth-order valence-electron chi connectivity index (χ4n) is 3.36. The van der Waals surface area contributed by atoms with Gasteiger partial charge in [0, 0.05) is 17.5 Å². The lowest BCUT2D eigenvalue weighted by Gasteiger charge is -2.23. The van der Waals surface area contributed by atoms with E-state index < -0.39 is 0 Å². The minimum absolute atomic E-state index is 0.0611. The molecular formula is C22H23N5O3S. The molecule has 1 N–H and O–H groups in total. The molecule has 0 spiro atoms. The summed E-state index contributed by atoms with van der Waals surface area (Å²) in [7, 11) is 1.73. The molecule has 8 nitrogen and oxygen atoms in total. The van der Waals surface area contributed by atoms with Gasteiger partial charge in [-0.3, -0.25) is 14.5 Å². The molecule has 9 heteroatoms. The lowest BCUT2D eigenvalue weighted by Crippen LogP contribution is -2.39. The van der Waals surface area contributed by atoms with Gasteiger partial charge in [0.2, 0.25) is 5.91 Å². The first-order valence-electron chi connectivity index (χ1n) is 9.87. The number of nitrogens with one attached hydrogen (secondary N) is 1. The van der Waals surface area contributed by atoms with Gasteiger partial charge in [0.1, 0.15) is 17.3 Å². The van der Waals surface area contributed by atoms with Crippen LogP contribution in [0.1, 0.15) is 28.7 Å². The lowest BCUT2D eigenvalue weighted by atomic mass is 10.1. The number of furan rings is 1. The van der Waals surface area contributed by atoms with Crippen LogP contribution in [-0.4, -0.2) is 52.6 Å².